The number of allylic oxidation sites excluding steroid dienone is 1. The molecule has 0 saturated heterocycles. The van der Waals surface area contributed by atoms with Crippen molar-refractivity contribution in [2.75, 3.05) is 0 Å². The van der Waals surface area contributed by atoms with Gasteiger partial charge in [0.1, 0.15) is 5.69 Å². The zero-order valence-electron chi connectivity index (χ0n) is 8.50. The van der Waals surface area contributed by atoms with E-state index in [1.54, 1.807) is 6.20 Å². The maximum absolute atomic E-state index is 11.7. The van der Waals surface area contributed by atoms with Crippen LogP contribution in [0.3, 0.4) is 0 Å². The molecule has 0 spiro atoms. The van der Waals surface area contributed by atoms with Gasteiger partial charge in [0.05, 0.1) is 0 Å². The van der Waals surface area contributed by atoms with Gasteiger partial charge in [-0.2, -0.15) is 0 Å². The van der Waals surface area contributed by atoms with Gasteiger partial charge in [-0.15, -0.1) is 0 Å². The number of hydrogen-bond donors (Lipinski definition) is 0. The van der Waals surface area contributed by atoms with E-state index in [1.807, 2.05) is 12.1 Å². The molecule has 0 fully saturated rings. The van der Waals surface area contributed by atoms with Crippen LogP contribution in [0, 0.1) is 0 Å². The van der Waals surface area contributed by atoms with Crippen LogP contribution in [-0.2, 0) is 5.41 Å². The Balaban J connectivity index is 2.67. The normalized spacial score (nSPS) is 19.3. The largest absolute Gasteiger partial charge is 0.287 e. The summed E-state index contributed by atoms with van der Waals surface area (Å²) < 4.78 is 0. The average Bonchev–Trinajstić information content (AvgIpc) is 2.14. The van der Waals surface area contributed by atoms with Gasteiger partial charge in [0.2, 0.25) is 5.78 Å². The van der Waals surface area contributed by atoms with Gasteiger partial charge in [-0.25, -0.2) is 0 Å². The van der Waals surface area contributed by atoms with Gasteiger partial charge in [0, 0.05) is 6.20 Å². The molecule has 0 aromatic carbocycles. The van der Waals surface area contributed by atoms with E-state index in [1.165, 1.54) is 0 Å². The fraction of sp³-hybridized carbons (Fsp3) is 0.333. The number of carbonyl (C=O) groups is 1. The van der Waals surface area contributed by atoms with Crippen molar-refractivity contribution in [3.05, 3.63) is 41.7 Å². The highest BCUT2D eigenvalue weighted by atomic mass is 16.1. The van der Waals surface area contributed by atoms with Crippen molar-refractivity contribution < 1.29 is 4.79 Å². The summed E-state index contributed by atoms with van der Waals surface area (Å²) >= 11 is 0. The molecule has 1 aliphatic carbocycles. The highest BCUT2D eigenvalue weighted by Crippen LogP contribution is 2.37. The van der Waals surface area contributed by atoms with Crippen LogP contribution in [0.4, 0.5) is 0 Å². The molecule has 2 nitrogen and oxygen atoms in total. The monoisotopic (exact) mass is 187 g/mol. The Morgan fingerprint density at radius 3 is 2.93 bits per heavy atom. The molecule has 0 aliphatic heterocycles. The highest BCUT2D eigenvalue weighted by Gasteiger charge is 2.34. The Kier molecular flexibility index (Phi) is 1.81. The third kappa shape index (κ3) is 1.18. The van der Waals surface area contributed by atoms with Gasteiger partial charge in [0.15, 0.2) is 0 Å². The number of ketones is 1. The number of aromatic nitrogens is 1. The van der Waals surface area contributed by atoms with Crippen LogP contribution in [0.2, 0.25) is 0 Å². The van der Waals surface area contributed by atoms with Crippen LogP contribution < -0.4 is 0 Å². The number of rotatable bonds is 0. The standard InChI is InChI=1S/C12H13NO/c1-8-7-12(2,3)9-5-4-6-13-10(9)11(8)14/h4-6H,1,7H2,2-3H3. The van der Waals surface area contributed by atoms with E-state index in [0.29, 0.717) is 11.3 Å². The molecule has 0 N–H and O–H groups in total. The molecule has 0 radical (unpaired) electrons. The van der Waals surface area contributed by atoms with Crippen molar-refractivity contribution in [2.45, 2.75) is 25.7 Å². The molecule has 1 aromatic rings. The Labute approximate surface area is 83.7 Å². The lowest BCUT2D eigenvalue weighted by molar-refractivity contribution is 0.101. The molecule has 1 heterocycles. The Morgan fingerprint density at radius 2 is 2.21 bits per heavy atom. The summed E-state index contributed by atoms with van der Waals surface area (Å²) in [4.78, 5) is 15.9. The first-order chi connectivity index (χ1) is 6.52. The number of nitrogens with zero attached hydrogens (tertiary/aromatic N) is 1. The molecule has 0 atom stereocenters. The summed E-state index contributed by atoms with van der Waals surface area (Å²) in [5.41, 5.74) is 2.27. The maximum atomic E-state index is 11.7. The Hall–Kier alpha value is -1.44. The maximum Gasteiger partial charge on any atom is 0.207 e. The molecule has 0 amide bonds. The lowest BCUT2D eigenvalue weighted by atomic mass is 9.72. The quantitative estimate of drug-likeness (QED) is 0.584. The summed E-state index contributed by atoms with van der Waals surface area (Å²) in [7, 11) is 0. The smallest absolute Gasteiger partial charge is 0.207 e. The van der Waals surface area contributed by atoms with Crippen LogP contribution in [0.15, 0.2) is 30.5 Å². The summed E-state index contributed by atoms with van der Waals surface area (Å²) in [6, 6.07) is 3.86. The van der Waals surface area contributed by atoms with Crippen LogP contribution in [0.1, 0.15) is 36.3 Å². The predicted octanol–water partition coefficient (Wildman–Crippen LogP) is 2.50. The summed E-state index contributed by atoms with van der Waals surface area (Å²) in [5.74, 6) is -0.0000694. The highest BCUT2D eigenvalue weighted by molar-refractivity contribution is 6.09. The minimum Gasteiger partial charge on any atom is -0.287 e. The van der Waals surface area contributed by atoms with Crippen LogP contribution in [-0.4, -0.2) is 10.8 Å². The van der Waals surface area contributed by atoms with E-state index in [4.69, 9.17) is 0 Å². The number of hydrogen-bond acceptors (Lipinski definition) is 2. The minimum atomic E-state index is -0.0193. The second-order valence-electron chi connectivity index (χ2n) is 4.39. The molecule has 0 bridgehead atoms. The predicted molar refractivity (Wildman–Crippen MR) is 55.4 cm³/mol. The van der Waals surface area contributed by atoms with Crippen molar-refractivity contribution >= 4 is 5.78 Å². The topological polar surface area (TPSA) is 30.0 Å². The molecule has 0 unspecified atom stereocenters. The van der Waals surface area contributed by atoms with Crippen molar-refractivity contribution in [1.29, 1.82) is 0 Å². The van der Waals surface area contributed by atoms with Gasteiger partial charge in [0.25, 0.3) is 0 Å². The van der Waals surface area contributed by atoms with Crippen LogP contribution in [0.25, 0.3) is 0 Å². The zero-order chi connectivity index (χ0) is 10.3. The molecular formula is C12H13NO. The van der Waals surface area contributed by atoms with E-state index in [0.717, 1.165) is 12.0 Å². The molecule has 1 aromatic heterocycles. The van der Waals surface area contributed by atoms with Gasteiger partial charge in [-0.3, -0.25) is 9.78 Å². The van der Waals surface area contributed by atoms with Crippen molar-refractivity contribution in [3.8, 4) is 0 Å². The first-order valence-electron chi connectivity index (χ1n) is 4.70. The van der Waals surface area contributed by atoms with Gasteiger partial charge >= 0.3 is 0 Å². The van der Waals surface area contributed by atoms with E-state index < -0.39 is 0 Å². The van der Waals surface area contributed by atoms with E-state index in [9.17, 15) is 4.79 Å². The number of pyridine rings is 1. The average molecular weight is 187 g/mol. The van der Waals surface area contributed by atoms with Gasteiger partial charge in [-0.1, -0.05) is 26.5 Å². The molecule has 2 rings (SSSR count). The van der Waals surface area contributed by atoms with Crippen molar-refractivity contribution in [3.63, 3.8) is 0 Å². The summed E-state index contributed by atoms with van der Waals surface area (Å²) in [6.07, 6.45) is 2.38. The summed E-state index contributed by atoms with van der Waals surface area (Å²) in [5, 5.41) is 0. The molecule has 1 aliphatic rings. The van der Waals surface area contributed by atoms with Crippen molar-refractivity contribution in [1.82, 2.24) is 4.98 Å². The fourth-order valence-electron chi connectivity index (χ4n) is 2.01. The van der Waals surface area contributed by atoms with E-state index in [-0.39, 0.29) is 11.2 Å². The second-order valence-corrected chi connectivity index (χ2v) is 4.39. The molecule has 0 saturated carbocycles. The third-order valence-corrected chi connectivity index (χ3v) is 2.73. The number of fused-ring (bicyclic) bond motifs is 1. The molecule has 14 heavy (non-hydrogen) atoms. The first-order valence-corrected chi connectivity index (χ1v) is 4.70. The first kappa shape index (κ1) is 9.13. The van der Waals surface area contributed by atoms with Crippen molar-refractivity contribution in [2.24, 2.45) is 0 Å². The number of Topliss-reactive ketones (excluding diaryl/α,β-unsaturated/α-hetero) is 1. The van der Waals surface area contributed by atoms with E-state index >= 15 is 0 Å². The molecular weight excluding hydrogens is 174 g/mol. The third-order valence-electron chi connectivity index (χ3n) is 2.73. The zero-order valence-corrected chi connectivity index (χ0v) is 8.50. The van der Waals surface area contributed by atoms with Gasteiger partial charge in [-0.05, 0) is 29.0 Å². The lowest BCUT2D eigenvalue weighted by Gasteiger charge is -2.31. The summed E-state index contributed by atoms with van der Waals surface area (Å²) in [6.45, 7) is 8.03. The van der Waals surface area contributed by atoms with Crippen LogP contribution in [0.5, 0.6) is 0 Å². The SMILES string of the molecule is C=C1CC(C)(C)c2cccnc2C1=O. The van der Waals surface area contributed by atoms with E-state index in [2.05, 4.69) is 25.4 Å². The second kappa shape index (κ2) is 2.77. The Bertz CT molecular complexity index is 418. The van der Waals surface area contributed by atoms with Crippen LogP contribution >= 0.6 is 0 Å². The van der Waals surface area contributed by atoms with Gasteiger partial charge < -0.3 is 0 Å². The number of carbonyl (C=O) groups excluding carboxylic acids is 1. The molecule has 72 valence electrons. The lowest BCUT2D eigenvalue weighted by Crippen LogP contribution is -2.29. The fourth-order valence-corrected chi connectivity index (χ4v) is 2.01. The Morgan fingerprint density at radius 1 is 1.50 bits per heavy atom. The molecule has 2 heteroatoms. The minimum absolute atomic E-state index is 0.0000694.